The summed E-state index contributed by atoms with van der Waals surface area (Å²) in [5.74, 6) is 0.852. The molecule has 6 aromatic rings. The largest absolute Gasteiger partial charge is 0.458 e. The molecule has 0 bridgehead atoms. The minimum Gasteiger partial charge on any atom is -0.458 e. The molecule has 0 radical (unpaired) electrons. The fourth-order valence-electron chi connectivity index (χ4n) is 5.58. The summed E-state index contributed by atoms with van der Waals surface area (Å²) in [7, 11) is -2.12. The Hall–Kier alpha value is -4.65. The lowest BCUT2D eigenvalue weighted by Crippen LogP contribution is -2.35. The number of hydrogen-bond donors (Lipinski definition) is 0. The molecular weight excluding hydrogens is 529 g/mol. The van der Waals surface area contributed by atoms with E-state index in [-0.39, 0.29) is 0 Å². The van der Waals surface area contributed by atoms with Gasteiger partial charge in [-0.25, -0.2) is 0 Å². The first kappa shape index (κ1) is 27.5. The second-order valence-corrected chi connectivity index (χ2v) is 14.0. The number of rotatable bonds is 9. The Bertz CT molecular complexity index is 1610. The van der Waals surface area contributed by atoms with Crippen LogP contribution in [0.5, 0.6) is 5.75 Å². The predicted molar refractivity (Wildman–Crippen MR) is 181 cm³/mol. The number of hydrogen-bond acceptors (Lipinski definition) is 2. The average molecular weight is 565 g/mol. The number of ether oxygens (including phenoxy) is 1. The van der Waals surface area contributed by atoms with E-state index in [1.165, 1.54) is 27.0 Å². The van der Waals surface area contributed by atoms with Gasteiger partial charge >= 0.3 is 0 Å². The third-order valence-corrected chi connectivity index (χ3v) is 11.7. The molecule has 6 aromatic carbocycles. The average Bonchev–Trinajstić information content (AvgIpc) is 3.03. The molecule has 0 heterocycles. The predicted octanol–water partition coefficient (Wildman–Crippen LogP) is 9.10. The van der Waals surface area contributed by atoms with Crippen LogP contribution in [0.15, 0.2) is 164 Å². The molecule has 0 spiro atoms. The Balaban J connectivity index is 1.43. The first-order valence-electron chi connectivity index (χ1n) is 14.3. The number of benzene rings is 6. The van der Waals surface area contributed by atoms with Crippen molar-refractivity contribution in [3.63, 3.8) is 0 Å². The van der Waals surface area contributed by atoms with Gasteiger partial charge < -0.3 is 9.64 Å². The third kappa shape index (κ3) is 5.73. The van der Waals surface area contributed by atoms with Crippen molar-refractivity contribution < 1.29 is 4.74 Å². The molecule has 0 aromatic heterocycles. The van der Waals surface area contributed by atoms with Crippen molar-refractivity contribution in [3.8, 4) is 5.75 Å². The van der Waals surface area contributed by atoms with Crippen molar-refractivity contribution in [2.24, 2.45) is 0 Å². The smallest absolute Gasteiger partial charge is 0.210 e. The molecule has 0 N–H and O–H groups in total. The summed E-state index contributed by atoms with van der Waals surface area (Å²) in [5.41, 5.74) is 5.75. The second kappa shape index (κ2) is 12.5. The fourth-order valence-corrected chi connectivity index (χ4v) is 9.31. The van der Waals surface area contributed by atoms with Gasteiger partial charge in [-0.15, -0.1) is 0 Å². The topological polar surface area (TPSA) is 12.5 Å². The van der Waals surface area contributed by atoms with Gasteiger partial charge in [-0.05, 0) is 97.8 Å². The molecule has 6 rings (SSSR count). The molecule has 0 unspecified atom stereocenters. The van der Waals surface area contributed by atoms with Gasteiger partial charge in [0.1, 0.15) is 21.7 Å². The van der Waals surface area contributed by atoms with Crippen LogP contribution in [0.25, 0.3) is 0 Å². The zero-order valence-electron chi connectivity index (χ0n) is 24.1. The van der Waals surface area contributed by atoms with Crippen molar-refractivity contribution >= 4 is 40.2 Å². The monoisotopic (exact) mass is 564 g/mol. The van der Waals surface area contributed by atoms with Crippen LogP contribution in [0.1, 0.15) is 11.1 Å². The van der Waals surface area contributed by atoms with Crippen molar-refractivity contribution in [1.29, 1.82) is 0 Å². The van der Waals surface area contributed by atoms with Crippen LogP contribution < -0.4 is 25.6 Å². The van der Waals surface area contributed by atoms with Crippen molar-refractivity contribution in [3.05, 3.63) is 175 Å². The molecule has 0 atom stereocenters. The van der Waals surface area contributed by atoms with Crippen LogP contribution in [-0.4, -0.2) is 6.35 Å². The van der Waals surface area contributed by atoms with Gasteiger partial charge in [0, 0.05) is 23.1 Å². The highest BCUT2D eigenvalue weighted by molar-refractivity contribution is 7.95. The van der Waals surface area contributed by atoms with E-state index in [9.17, 15) is 0 Å². The van der Waals surface area contributed by atoms with E-state index < -0.39 is 7.26 Å². The molecular formula is C39H35NOP+. The normalized spacial score (nSPS) is 11.2. The van der Waals surface area contributed by atoms with Gasteiger partial charge in [0.05, 0.1) is 0 Å². The second-order valence-electron chi connectivity index (χ2n) is 10.6. The SMILES string of the molecule is Cc1cccc(N(c2cccc(C)c2)c2cccc(OC[P+](c3ccccc3)(c3ccccc3)c3ccccc3)c2)c1. The summed E-state index contributed by atoms with van der Waals surface area (Å²) in [5, 5.41) is 3.92. The lowest BCUT2D eigenvalue weighted by atomic mass is 10.1. The molecule has 0 fully saturated rings. The van der Waals surface area contributed by atoms with Crippen molar-refractivity contribution in [1.82, 2.24) is 0 Å². The first-order chi connectivity index (χ1) is 20.6. The van der Waals surface area contributed by atoms with Crippen molar-refractivity contribution in [2.45, 2.75) is 13.8 Å². The molecule has 0 aliphatic heterocycles. The van der Waals surface area contributed by atoms with Gasteiger partial charge in [-0.2, -0.15) is 0 Å². The van der Waals surface area contributed by atoms with E-state index in [4.69, 9.17) is 4.74 Å². The van der Waals surface area contributed by atoms with Crippen LogP contribution in [0.2, 0.25) is 0 Å². The van der Waals surface area contributed by atoms with Crippen LogP contribution in [-0.2, 0) is 0 Å². The summed E-state index contributed by atoms with van der Waals surface area (Å²) in [6.45, 7) is 4.27. The van der Waals surface area contributed by atoms with Crippen molar-refractivity contribution in [2.75, 3.05) is 11.2 Å². The first-order valence-corrected chi connectivity index (χ1v) is 16.3. The van der Waals surface area contributed by atoms with Crippen LogP contribution in [0.4, 0.5) is 17.1 Å². The molecule has 2 nitrogen and oxygen atoms in total. The standard InChI is InChI=1S/C39H35NOP/c1-31-15-12-17-33(27-31)40(34-18-13-16-32(2)28-34)35-19-14-20-36(29-35)41-30-42(37-21-6-3-7-22-37,38-23-8-4-9-24-38)39-25-10-5-11-26-39/h3-29H,30H2,1-2H3/q+1. The zero-order chi connectivity index (χ0) is 28.8. The molecule has 206 valence electrons. The van der Waals surface area contributed by atoms with Gasteiger partial charge in [-0.1, -0.05) is 84.9 Å². The fraction of sp³-hybridized carbons (Fsp3) is 0.0769. The zero-order valence-corrected chi connectivity index (χ0v) is 25.0. The summed E-state index contributed by atoms with van der Waals surface area (Å²) in [6, 6.07) is 58.4. The summed E-state index contributed by atoms with van der Waals surface area (Å²) < 4.78 is 6.87. The Morgan fingerprint density at radius 2 is 0.857 bits per heavy atom. The Kier molecular flexibility index (Phi) is 8.17. The molecule has 42 heavy (non-hydrogen) atoms. The molecule has 0 amide bonds. The minimum atomic E-state index is -2.12. The maximum absolute atomic E-state index is 6.87. The maximum Gasteiger partial charge on any atom is 0.210 e. The molecule has 0 aliphatic carbocycles. The lowest BCUT2D eigenvalue weighted by Gasteiger charge is -2.28. The highest BCUT2D eigenvalue weighted by Gasteiger charge is 2.46. The number of anilines is 3. The highest BCUT2D eigenvalue weighted by Crippen LogP contribution is 2.55. The van der Waals surface area contributed by atoms with Crippen LogP contribution in [0.3, 0.4) is 0 Å². The van der Waals surface area contributed by atoms with Crippen LogP contribution in [0, 0.1) is 13.8 Å². The molecule has 3 heteroatoms. The Morgan fingerprint density at radius 1 is 0.452 bits per heavy atom. The third-order valence-electron chi connectivity index (χ3n) is 7.61. The summed E-state index contributed by atoms with van der Waals surface area (Å²) in [4.78, 5) is 2.31. The van der Waals surface area contributed by atoms with E-state index in [0.29, 0.717) is 6.35 Å². The lowest BCUT2D eigenvalue weighted by molar-refractivity contribution is 0.389. The summed E-state index contributed by atoms with van der Waals surface area (Å²) in [6.07, 6.45) is 0.559. The number of aryl methyl sites for hydroxylation is 2. The Labute approximate surface area is 250 Å². The van der Waals surface area contributed by atoms with Gasteiger partial charge in [0.2, 0.25) is 6.35 Å². The van der Waals surface area contributed by atoms with Gasteiger partial charge in [0.25, 0.3) is 0 Å². The van der Waals surface area contributed by atoms with Crippen LogP contribution >= 0.6 is 7.26 Å². The van der Waals surface area contributed by atoms with E-state index in [0.717, 1.165) is 22.8 Å². The quantitative estimate of drug-likeness (QED) is 0.162. The minimum absolute atomic E-state index is 0.559. The molecule has 0 saturated carbocycles. The molecule has 0 saturated heterocycles. The summed E-state index contributed by atoms with van der Waals surface area (Å²) >= 11 is 0. The maximum atomic E-state index is 6.87. The van der Waals surface area contributed by atoms with E-state index >= 15 is 0 Å². The highest BCUT2D eigenvalue weighted by atomic mass is 31.2. The van der Waals surface area contributed by atoms with Gasteiger partial charge in [0.15, 0.2) is 7.26 Å². The number of nitrogens with zero attached hydrogens (tertiary/aromatic N) is 1. The van der Waals surface area contributed by atoms with Gasteiger partial charge in [-0.3, -0.25) is 0 Å². The van der Waals surface area contributed by atoms with E-state index in [1.807, 2.05) is 0 Å². The van der Waals surface area contributed by atoms with E-state index in [2.05, 4.69) is 183 Å². The Morgan fingerprint density at radius 3 is 1.29 bits per heavy atom. The molecule has 0 aliphatic rings. The van der Waals surface area contributed by atoms with E-state index in [1.54, 1.807) is 0 Å².